The number of aromatic nitrogens is 5. The van der Waals surface area contributed by atoms with Crippen LogP contribution in [0, 0.1) is 13.8 Å². The molecule has 3 aromatic rings. The Hall–Kier alpha value is -2.78. The highest BCUT2D eigenvalue weighted by Crippen LogP contribution is 2.40. The van der Waals surface area contributed by atoms with Crippen LogP contribution in [0.3, 0.4) is 0 Å². The van der Waals surface area contributed by atoms with Gasteiger partial charge in [0.1, 0.15) is 12.7 Å². The zero-order valence-electron chi connectivity index (χ0n) is 16.1. The number of rotatable bonds is 6. The molecule has 0 saturated carbocycles. The maximum Gasteiger partial charge on any atom is 0.170 e. The third-order valence-corrected chi connectivity index (χ3v) is 5.48. The fraction of sp³-hybridized carbons (Fsp3) is 0.368. The number of hydrogen-bond donors (Lipinski definition) is 1. The molecule has 0 radical (unpaired) electrons. The Labute approximate surface area is 169 Å². The highest BCUT2D eigenvalue weighted by atomic mass is 32.1. The van der Waals surface area contributed by atoms with Gasteiger partial charge in [0.05, 0.1) is 24.4 Å². The number of nitrogens with zero attached hydrogens (tertiary/aromatic N) is 6. The van der Waals surface area contributed by atoms with Gasteiger partial charge in [0.2, 0.25) is 0 Å². The Morgan fingerprint density at radius 2 is 2.00 bits per heavy atom. The molecule has 8 nitrogen and oxygen atoms in total. The van der Waals surface area contributed by atoms with Crippen LogP contribution in [-0.4, -0.2) is 54.8 Å². The predicted octanol–water partition coefficient (Wildman–Crippen LogP) is 2.02. The molecule has 1 fully saturated rings. The number of thiocarbonyl (C=S) groups is 1. The van der Waals surface area contributed by atoms with Crippen LogP contribution in [0.4, 0.5) is 0 Å². The first-order valence-corrected chi connectivity index (χ1v) is 9.53. The Bertz CT molecular complexity index is 954. The van der Waals surface area contributed by atoms with Crippen LogP contribution >= 0.6 is 12.2 Å². The summed E-state index contributed by atoms with van der Waals surface area (Å²) in [5.74, 6) is 0. The minimum atomic E-state index is -0.0413. The van der Waals surface area contributed by atoms with E-state index < -0.39 is 0 Å². The average molecular weight is 398 g/mol. The lowest BCUT2D eigenvalue weighted by atomic mass is 9.97. The van der Waals surface area contributed by atoms with Crippen LogP contribution in [0.1, 0.15) is 34.7 Å². The van der Waals surface area contributed by atoms with Gasteiger partial charge < -0.3 is 15.0 Å². The van der Waals surface area contributed by atoms with Gasteiger partial charge in [0.15, 0.2) is 5.11 Å². The molecule has 0 aliphatic carbocycles. The van der Waals surface area contributed by atoms with Crippen molar-refractivity contribution in [1.29, 1.82) is 0 Å². The zero-order chi connectivity index (χ0) is 19.7. The van der Waals surface area contributed by atoms with E-state index in [1.165, 1.54) is 5.56 Å². The minimum Gasteiger partial charge on any atom is -0.383 e. The molecule has 0 aromatic carbocycles. The van der Waals surface area contributed by atoms with Crippen LogP contribution in [0.5, 0.6) is 0 Å². The monoisotopic (exact) mass is 397 g/mol. The molecule has 1 aliphatic heterocycles. The Balaban J connectivity index is 1.81. The third-order valence-electron chi connectivity index (χ3n) is 5.12. The SMILES string of the molecule is COCCN1C(=S)N[C@H](c2ccccn2)[C@@H]1c1cc(C)n(-n2cnnc2)c1C. The van der Waals surface area contributed by atoms with E-state index in [1.807, 2.05) is 29.1 Å². The summed E-state index contributed by atoms with van der Waals surface area (Å²) in [6.45, 7) is 5.48. The third kappa shape index (κ3) is 3.16. The summed E-state index contributed by atoms with van der Waals surface area (Å²) < 4.78 is 9.30. The van der Waals surface area contributed by atoms with E-state index in [9.17, 15) is 0 Å². The van der Waals surface area contributed by atoms with Gasteiger partial charge in [-0.15, -0.1) is 10.2 Å². The summed E-state index contributed by atoms with van der Waals surface area (Å²) in [4.78, 5) is 6.77. The number of nitrogens with one attached hydrogen (secondary N) is 1. The molecule has 0 amide bonds. The van der Waals surface area contributed by atoms with Crippen molar-refractivity contribution in [3.05, 3.63) is 65.8 Å². The Kier molecular flexibility index (Phi) is 5.10. The molecule has 4 heterocycles. The molecule has 0 spiro atoms. The van der Waals surface area contributed by atoms with Crippen LogP contribution in [0.15, 0.2) is 43.1 Å². The fourth-order valence-electron chi connectivity index (χ4n) is 3.91. The van der Waals surface area contributed by atoms with Crippen molar-refractivity contribution in [2.75, 3.05) is 20.3 Å². The number of hydrogen-bond acceptors (Lipinski definition) is 5. The Morgan fingerprint density at radius 3 is 2.68 bits per heavy atom. The Morgan fingerprint density at radius 1 is 1.21 bits per heavy atom. The fourth-order valence-corrected chi connectivity index (χ4v) is 4.24. The molecule has 1 N–H and O–H groups in total. The number of aryl methyl sites for hydroxylation is 1. The molecule has 0 bridgehead atoms. The molecule has 1 aliphatic rings. The lowest BCUT2D eigenvalue weighted by Gasteiger charge is -2.27. The van der Waals surface area contributed by atoms with Gasteiger partial charge in [-0.3, -0.25) is 9.66 Å². The summed E-state index contributed by atoms with van der Waals surface area (Å²) in [5, 5.41) is 12.1. The van der Waals surface area contributed by atoms with Gasteiger partial charge in [-0.2, -0.15) is 0 Å². The van der Waals surface area contributed by atoms with Crippen molar-refractivity contribution >= 4 is 17.3 Å². The van der Waals surface area contributed by atoms with Gasteiger partial charge in [-0.1, -0.05) is 6.07 Å². The van der Waals surface area contributed by atoms with E-state index >= 15 is 0 Å². The van der Waals surface area contributed by atoms with Crippen molar-refractivity contribution in [3.8, 4) is 0 Å². The standard InChI is InChI=1S/C19H23N7OS/c1-13-10-15(14(2)26(13)24-11-21-22-12-24)18-17(16-6-4-5-7-20-16)23-19(28)25(18)8-9-27-3/h4-7,10-12,17-18H,8-9H2,1-3H3,(H,23,28)/t17-,18+/m1/s1. The summed E-state index contributed by atoms with van der Waals surface area (Å²) in [7, 11) is 1.70. The van der Waals surface area contributed by atoms with Gasteiger partial charge in [0, 0.05) is 36.8 Å². The van der Waals surface area contributed by atoms with Gasteiger partial charge in [0.25, 0.3) is 0 Å². The molecule has 28 heavy (non-hydrogen) atoms. The van der Waals surface area contributed by atoms with Crippen LogP contribution in [0.2, 0.25) is 0 Å². The first kappa shape index (κ1) is 18.6. The second-order valence-corrected chi connectivity index (χ2v) is 7.18. The number of methoxy groups -OCH3 is 1. The van der Waals surface area contributed by atoms with Gasteiger partial charge in [-0.25, -0.2) is 4.68 Å². The van der Waals surface area contributed by atoms with Crippen molar-refractivity contribution in [2.24, 2.45) is 0 Å². The van der Waals surface area contributed by atoms with E-state index in [0.29, 0.717) is 18.3 Å². The molecular formula is C19H23N7OS. The van der Waals surface area contributed by atoms with Crippen molar-refractivity contribution < 1.29 is 4.74 Å². The van der Waals surface area contributed by atoms with Crippen molar-refractivity contribution in [3.63, 3.8) is 0 Å². The van der Waals surface area contributed by atoms with E-state index in [1.54, 1.807) is 19.8 Å². The van der Waals surface area contributed by atoms with Gasteiger partial charge in [-0.05, 0) is 44.3 Å². The second kappa shape index (κ2) is 7.69. The van der Waals surface area contributed by atoms with Crippen molar-refractivity contribution in [2.45, 2.75) is 25.9 Å². The van der Waals surface area contributed by atoms with Crippen molar-refractivity contribution in [1.82, 2.24) is 34.8 Å². The molecule has 9 heteroatoms. The summed E-state index contributed by atoms with van der Waals surface area (Å²) in [6.07, 6.45) is 5.20. The minimum absolute atomic E-state index is 0.00832. The first-order chi connectivity index (χ1) is 13.6. The maximum absolute atomic E-state index is 5.67. The van der Waals surface area contributed by atoms with Crippen LogP contribution in [0.25, 0.3) is 0 Å². The summed E-state index contributed by atoms with van der Waals surface area (Å²) in [6, 6.07) is 8.13. The van der Waals surface area contributed by atoms with Gasteiger partial charge >= 0.3 is 0 Å². The molecule has 4 rings (SSSR count). The smallest absolute Gasteiger partial charge is 0.170 e. The largest absolute Gasteiger partial charge is 0.383 e. The molecule has 1 saturated heterocycles. The molecular weight excluding hydrogens is 374 g/mol. The first-order valence-electron chi connectivity index (χ1n) is 9.13. The molecule has 146 valence electrons. The average Bonchev–Trinajstić information content (AvgIpc) is 3.39. The lowest BCUT2D eigenvalue weighted by molar-refractivity contribution is 0.164. The topological polar surface area (TPSA) is 73.0 Å². The van der Waals surface area contributed by atoms with Crippen LogP contribution in [-0.2, 0) is 4.74 Å². The number of pyridine rings is 1. The van der Waals surface area contributed by atoms with E-state index in [0.717, 1.165) is 17.1 Å². The van der Waals surface area contributed by atoms with E-state index in [2.05, 4.69) is 50.0 Å². The lowest BCUT2D eigenvalue weighted by Crippen LogP contribution is -2.32. The van der Waals surface area contributed by atoms with E-state index in [-0.39, 0.29) is 12.1 Å². The zero-order valence-corrected chi connectivity index (χ0v) is 16.9. The second-order valence-electron chi connectivity index (χ2n) is 6.79. The quantitative estimate of drug-likeness (QED) is 0.638. The normalized spacial score (nSPS) is 19.2. The van der Waals surface area contributed by atoms with Crippen LogP contribution < -0.4 is 5.32 Å². The summed E-state index contributed by atoms with van der Waals surface area (Å²) >= 11 is 5.67. The number of ether oxygens (including phenoxy) is 1. The highest BCUT2D eigenvalue weighted by molar-refractivity contribution is 7.80. The highest BCUT2D eigenvalue weighted by Gasteiger charge is 2.41. The van der Waals surface area contributed by atoms with E-state index in [4.69, 9.17) is 17.0 Å². The maximum atomic E-state index is 5.67. The molecule has 2 atom stereocenters. The predicted molar refractivity (Wildman–Crippen MR) is 109 cm³/mol. The molecule has 0 unspecified atom stereocenters. The summed E-state index contributed by atoms with van der Waals surface area (Å²) in [5.41, 5.74) is 4.35. The molecule has 3 aromatic heterocycles.